The molecule has 2 N–H and O–H groups in total. The van der Waals surface area contributed by atoms with Crippen molar-refractivity contribution in [1.82, 2.24) is 0 Å². The molecule has 0 amide bonds. The Hall–Kier alpha value is -1.25. The fourth-order valence-corrected chi connectivity index (χ4v) is 4.23. The van der Waals surface area contributed by atoms with E-state index in [4.69, 9.17) is 5.73 Å². The summed E-state index contributed by atoms with van der Waals surface area (Å²) in [7, 11) is 0. The molecule has 110 valence electrons. The first-order valence-corrected chi connectivity index (χ1v) is 8.97. The van der Waals surface area contributed by atoms with Crippen molar-refractivity contribution in [2.45, 2.75) is 25.3 Å². The van der Waals surface area contributed by atoms with Crippen LogP contribution in [0.3, 0.4) is 0 Å². The second-order valence-electron chi connectivity index (χ2n) is 5.89. The second kappa shape index (κ2) is 7.15. The molecule has 1 unspecified atom stereocenters. The van der Waals surface area contributed by atoms with Gasteiger partial charge in [0.25, 0.3) is 0 Å². The van der Waals surface area contributed by atoms with Gasteiger partial charge in [0.1, 0.15) is 0 Å². The van der Waals surface area contributed by atoms with Crippen molar-refractivity contribution in [2.24, 2.45) is 11.7 Å². The van der Waals surface area contributed by atoms with Gasteiger partial charge < -0.3 is 5.73 Å². The molecule has 0 bridgehead atoms. The first-order chi connectivity index (χ1) is 10.3. The molecule has 0 aliphatic carbocycles. The van der Waals surface area contributed by atoms with Gasteiger partial charge in [-0.15, -0.1) is 0 Å². The Kier molecular flexibility index (Phi) is 5.00. The minimum atomic E-state index is 0.183. The topological polar surface area (TPSA) is 26.0 Å². The van der Waals surface area contributed by atoms with Crippen LogP contribution in [0.25, 0.3) is 11.1 Å². The molecule has 2 heteroatoms. The van der Waals surface area contributed by atoms with E-state index in [2.05, 4.69) is 66.4 Å². The van der Waals surface area contributed by atoms with E-state index in [9.17, 15) is 0 Å². The van der Waals surface area contributed by atoms with Gasteiger partial charge in [0, 0.05) is 6.04 Å². The van der Waals surface area contributed by atoms with Gasteiger partial charge in [0.2, 0.25) is 0 Å². The highest BCUT2D eigenvalue weighted by Crippen LogP contribution is 2.30. The number of nitrogens with two attached hydrogens (primary N) is 1. The summed E-state index contributed by atoms with van der Waals surface area (Å²) in [5, 5.41) is 0. The molecule has 1 fully saturated rings. The standard InChI is InChI=1S/C19H23NS/c20-19(14-15-10-12-21-13-11-15)18-8-6-17(7-9-18)16-4-2-1-3-5-16/h1-9,15,19H,10-14,20H2. The van der Waals surface area contributed by atoms with Crippen LogP contribution in [0.1, 0.15) is 30.9 Å². The smallest absolute Gasteiger partial charge is 0.0297 e. The molecule has 1 heterocycles. The molecule has 0 radical (unpaired) electrons. The maximum absolute atomic E-state index is 6.41. The molecule has 1 nitrogen and oxygen atoms in total. The average molecular weight is 297 g/mol. The molecule has 1 saturated heterocycles. The number of benzene rings is 2. The summed E-state index contributed by atoms with van der Waals surface area (Å²) in [6.07, 6.45) is 3.80. The Balaban J connectivity index is 1.66. The summed E-state index contributed by atoms with van der Waals surface area (Å²) in [6.45, 7) is 0. The maximum Gasteiger partial charge on any atom is 0.0297 e. The molecule has 0 aromatic heterocycles. The van der Waals surface area contributed by atoms with Gasteiger partial charge in [-0.3, -0.25) is 0 Å². The summed E-state index contributed by atoms with van der Waals surface area (Å²) in [4.78, 5) is 0. The normalized spacial score (nSPS) is 17.6. The molecule has 1 atom stereocenters. The van der Waals surface area contributed by atoms with E-state index in [1.165, 1.54) is 41.0 Å². The predicted molar refractivity (Wildman–Crippen MR) is 93.5 cm³/mol. The van der Waals surface area contributed by atoms with Crippen LogP contribution in [0.5, 0.6) is 0 Å². The van der Waals surface area contributed by atoms with E-state index in [0.29, 0.717) is 0 Å². The van der Waals surface area contributed by atoms with Crippen molar-refractivity contribution >= 4 is 11.8 Å². The van der Waals surface area contributed by atoms with Crippen molar-refractivity contribution in [3.8, 4) is 11.1 Å². The van der Waals surface area contributed by atoms with Crippen molar-refractivity contribution in [3.63, 3.8) is 0 Å². The molecule has 21 heavy (non-hydrogen) atoms. The largest absolute Gasteiger partial charge is 0.324 e. The third-order valence-corrected chi connectivity index (χ3v) is 5.42. The summed E-state index contributed by atoms with van der Waals surface area (Å²) in [6, 6.07) is 19.5. The Morgan fingerprint density at radius 1 is 0.905 bits per heavy atom. The zero-order valence-corrected chi connectivity index (χ0v) is 13.2. The number of hydrogen-bond acceptors (Lipinski definition) is 2. The Morgan fingerprint density at radius 3 is 2.19 bits per heavy atom. The monoisotopic (exact) mass is 297 g/mol. The molecule has 0 saturated carbocycles. The van der Waals surface area contributed by atoms with Crippen LogP contribution in [0.2, 0.25) is 0 Å². The minimum Gasteiger partial charge on any atom is -0.324 e. The van der Waals surface area contributed by atoms with E-state index >= 15 is 0 Å². The number of hydrogen-bond donors (Lipinski definition) is 1. The quantitative estimate of drug-likeness (QED) is 0.869. The highest BCUT2D eigenvalue weighted by Gasteiger charge is 2.17. The maximum atomic E-state index is 6.41. The van der Waals surface area contributed by atoms with Crippen molar-refractivity contribution in [2.75, 3.05) is 11.5 Å². The first-order valence-electron chi connectivity index (χ1n) is 7.81. The third-order valence-electron chi connectivity index (χ3n) is 4.37. The summed E-state index contributed by atoms with van der Waals surface area (Å²) in [5.41, 5.74) is 10.2. The van der Waals surface area contributed by atoms with Gasteiger partial charge in [0.15, 0.2) is 0 Å². The van der Waals surface area contributed by atoms with Crippen molar-refractivity contribution < 1.29 is 0 Å². The highest BCUT2D eigenvalue weighted by molar-refractivity contribution is 7.99. The van der Waals surface area contributed by atoms with Gasteiger partial charge in [-0.2, -0.15) is 11.8 Å². The van der Waals surface area contributed by atoms with Gasteiger partial charge >= 0.3 is 0 Å². The van der Waals surface area contributed by atoms with Crippen LogP contribution in [-0.4, -0.2) is 11.5 Å². The third kappa shape index (κ3) is 3.90. The van der Waals surface area contributed by atoms with Gasteiger partial charge in [0.05, 0.1) is 0 Å². The van der Waals surface area contributed by atoms with Crippen LogP contribution in [0.15, 0.2) is 54.6 Å². The van der Waals surface area contributed by atoms with Crippen LogP contribution in [0.4, 0.5) is 0 Å². The van der Waals surface area contributed by atoms with E-state index in [1.54, 1.807) is 0 Å². The Labute approximate surface area is 132 Å². The lowest BCUT2D eigenvalue weighted by Gasteiger charge is -2.24. The number of thioether (sulfide) groups is 1. The fourth-order valence-electron chi connectivity index (χ4n) is 3.03. The molecule has 1 aliphatic rings. The SMILES string of the molecule is NC(CC1CCSCC1)c1ccc(-c2ccccc2)cc1. The molecule has 0 spiro atoms. The van der Waals surface area contributed by atoms with E-state index in [0.717, 1.165) is 12.3 Å². The molecular weight excluding hydrogens is 274 g/mol. The van der Waals surface area contributed by atoms with Gasteiger partial charge in [-0.25, -0.2) is 0 Å². The molecule has 2 aromatic rings. The zero-order valence-electron chi connectivity index (χ0n) is 12.4. The van der Waals surface area contributed by atoms with E-state index in [-0.39, 0.29) is 6.04 Å². The molecular formula is C19H23NS. The van der Waals surface area contributed by atoms with Crippen LogP contribution >= 0.6 is 11.8 Å². The van der Waals surface area contributed by atoms with Gasteiger partial charge in [-0.05, 0) is 53.4 Å². The summed E-state index contributed by atoms with van der Waals surface area (Å²) in [5.74, 6) is 3.43. The van der Waals surface area contributed by atoms with Crippen LogP contribution in [-0.2, 0) is 0 Å². The molecule has 3 rings (SSSR count). The fraction of sp³-hybridized carbons (Fsp3) is 0.368. The average Bonchev–Trinajstić information content (AvgIpc) is 2.57. The van der Waals surface area contributed by atoms with Crippen LogP contribution < -0.4 is 5.73 Å². The summed E-state index contributed by atoms with van der Waals surface area (Å²) < 4.78 is 0. The predicted octanol–water partition coefficient (Wildman–Crippen LogP) is 4.89. The van der Waals surface area contributed by atoms with E-state index in [1.807, 2.05) is 0 Å². The summed E-state index contributed by atoms with van der Waals surface area (Å²) >= 11 is 2.08. The van der Waals surface area contributed by atoms with Crippen molar-refractivity contribution in [3.05, 3.63) is 60.2 Å². The van der Waals surface area contributed by atoms with Crippen molar-refractivity contribution in [1.29, 1.82) is 0 Å². The van der Waals surface area contributed by atoms with Gasteiger partial charge in [-0.1, -0.05) is 54.6 Å². The number of rotatable bonds is 4. The van der Waals surface area contributed by atoms with Crippen LogP contribution in [0, 0.1) is 5.92 Å². The Bertz CT molecular complexity index is 544. The Morgan fingerprint density at radius 2 is 1.52 bits per heavy atom. The molecule has 1 aliphatic heterocycles. The lowest BCUT2D eigenvalue weighted by Crippen LogP contribution is -2.18. The lowest BCUT2D eigenvalue weighted by atomic mass is 9.90. The minimum absolute atomic E-state index is 0.183. The lowest BCUT2D eigenvalue weighted by molar-refractivity contribution is 0.413. The molecule has 2 aromatic carbocycles. The second-order valence-corrected chi connectivity index (χ2v) is 7.11. The first kappa shape index (κ1) is 14.7. The zero-order chi connectivity index (χ0) is 14.5. The highest BCUT2D eigenvalue weighted by atomic mass is 32.2. The van der Waals surface area contributed by atoms with E-state index < -0.39 is 0 Å².